The highest BCUT2D eigenvalue weighted by Crippen LogP contribution is 2.20. The molecule has 1 heterocycles. The molecule has 1 fully saturated rings. The van der Waals surface area contributed by atoms with E-state index >= 15 is 0 Å². The molecular weight excluding hydrogens is 252 g/mol. The molecule has 0 bridgehead atoms. The Bertz CT molecular complexity index is 292. The topological polar surface area (TPSA) is 41.6 Å². The molecular formula is C16H32N2O2. The van der Waals surface area contributed by atoms with Gasteiger partial charge in [0, 0.05) is 13.2 Å². The number of carbonyl (C=O) groups is 1. The molecule has 0 radical (unpaired) electrons. The normalized spacial score (nSPS) is 23.4. The molecule has 0 aliphatic carbocycles. The number of nitrogens with one attached hydrogen (secondary N) is 1. The Morgan fingerprint density at radius 2 is 2.00 bits per heavy atom. The van der Waals surface area contributed by atoms with Crippen LogP contribution in [0.3, 0.4) is 0 Å². The molecule has 1 rings (SSSR count). The molecule has 1 N–H and O–H groups in total. The van der Waals surface area contributed by atoms with E-state index in [2.05, 4.69) is 39.9 Å². The summed E-state index contributed by atoms with van der Waals surface area (Å²) >= 11 is 0. The van der Waals surface area contributed by atoms with Crippen LogP contribution in [-0.2, 0) is 9.53 Å². The van der Waals surface area contributed by atoms with Gasteiger partial charge in [-0.15, -0.1) is 0 Å². The Hall–Kier alpha value is -0.610. The highest BCUT2D eigenvalue weighted by Gasteiger charge is 2.39. The van der Waals surface area contributed by atoms with Crippen molar-refractivity contribution in [1.82, 2.24) is 10.2 Å². The number of unbranched alkanes of at least 4 members (excludes halogenated alkanes) is 1. The van der Waals surface area contributed by atoms with Crippen LogP contribution < -0.4 is 5.32 Å². The smallest absolute Gasteiger partial charge is 0.241 e. The van der Waals surface area contributed by atoms with Crippen LogP contribution in [0.2, 0.25) is 0 Å². The second kappa shape index (κ2) is 8.63. The maximum Gasteiger partial charge on any atom is 0.241 e. The number of rotatable bonds is 9. The molecule has 1 aliphatic heterocycles. The van der Waals surface area contributed by atoms with E-state index in [9.17, 15) is 4.79 Å². The van der Waals surface area contributed by atoms with Crippen molar-refractivity contribution in [3.05, 3.63) is 0 Å². The van der Waals surface area contributed by atoms with Gasteiger partial charge < -0.3 is 9.64 Å². The summed E-state index contributed by atoms with van der Waals surface area (Å²) in [6.45, 7) is 12.9. The van der Waals surface area contributed by atoms with Gasteiger partial charge in [-0.3, -0.25) is 10.1 Å². The molecule has 4 nitrogen and oxygen atoms in total. The monoisotopic (exact) mass is 284 g/mol. The van der Waals surface area contributed by atoms with Crippen molar-refractivity contribution in [3.63, 3.8) is 0 Å². The maximum atomic E-state index is 12.5. The van der Waals surface area contributed by atoms with Gasteiger partial charge in [0.1, 0.15) is 0 Å². The fourth-order valence-corrected chi connectivity index (χ4v) is 2.60. The van der Waals surface area contributed by atoms with Crippen molar-refractivity contribution >= 4 is 5.91 Å². The van der Waals surface area contributed by atoms with Gasteiger partial charge in [-0.25, -0.2) is 0 Å². The molecule has 1 aliphatic rings. The van der Waals surface area contributed by atoms with Crippen molar-refractivity contribution < 1.29 is 9.53 Å². The van der Waals surface area contributed by atoms with Gasteiger partial charge in [0.05, 0.1) is 18.8 Å². The van der Waals surface area contributed by atoms with Gasteiger partial charge >= 0.3 is 0 Å². The second-order valence-corrected chi connectivity index (χ2v) is 6.55. The van der Waals surface area contributed by atoms with E-state index in [1.165, 1.54) is 0 Å². The van der Waals surface area contributed by atoms with Crippen LogP contribution in [0.1, 0.15) is 53.9 Å². The number of nitrogens with zero attached hydrogens (tertiary/aromatic N) is 1. The summed E-state index contributed by atoms with van der Waals surface area (Å²) < 4.78 is 5.63. The Kier molecular flexibility index (Phi) is 7.52. The molecule has 20 heavy (non-hydrogen) atoms. The number of hydrogen-bond donors (Lipinski definition) is 1. The lowest BCUT2D eigenvalue weighted by Crippen LogP contribution is -2.43. The van der Waals surface area contributed by atoms with Gasteiger partial charge in [-0.2, -0.15) is 0 Å². The number of carbonyl (C=O) groups excluding carboxylic acids is 1. The zero-order chi connectivity index (χ0) is 15.1. The average Bonchev–Trinajstić information content (AvgIpc) is 2.69. The van der Waals surface area contributed by atoms with Crippen LogP contribution >= 0.6 is 0 Å². The summed E-state index contributed by atoms with van der Waals surface area (Å²) in [6.07, 6.45) is 3.34. The largest absolute Gasteiger partial charge is 0.379 e. The molecule has 0 saturated carbocycles. The number of amides is 1. The molecule has 2 unspecified atom stereocenters. The molecule has 1 amide bonds. The first kappa shape index (κ1) is 17.4. The van der Waals surface area contributed by atoms with Crippen LogP contribution in [-0.4, -0.2) is 42.8 Å². The van der Waals surface area contributed by atoms with Gasteiger partial charge in [0.15, 0.2) is 0 Å². The first-order chi connectivity index (χ1) is 9.47. The quantitative estimate of drug-likeness (QED) is 0.662. The SMILES string of the molecule is CCCCC1NC(C(C)C)N(CCOCC(C)C)C1=O. The Labute approximate surface area is 124 Å². The van der Waals surface area contributed by atoms with Gasteiger partial charge in [0.2, 0.25) is 5.91 Å². The summed E-state index contributed by atoms with van der Waals surface area (Å²) in [6, 6.07) is 0.00690. The first-order valence-corrected chi connectivity index (χ1v) is 8.11. The fourth-order valence-electron chi connectivity index (χ4n) is 2.60. The fraction of sp³-hybridized carbons (Fsp3) is 0.938. The lowest BCUT2D eigenvalue weighted by Gasteiger charge is -2.27. The van der Waals surface area contributed by atoms with Crippen molar-refractivity contribution in [2.24, 2.45) is 11.8 Å². The molecule has 0 aromatic heterocycles. The van der Waals surface area contributed by atoms with Crippen molar-refractivity contribution in [2.45, 2.75) is 66.1 Å². The lowest BCUT2D eigenvalue weighted by molar-refractivity contribution is -0.131. The van der Waals surface area contributed by atoms with Crippen LogP contribution in [0.15, 0.2) is 0 Å². The van der Waals surface area contributed by atoms with E-state index in [4.69, 9.17) is 4.74 Å². The summed E-state index contributed by atoms with van der Waals surface area (Å²) in [5, 5.41) is 3.50. The van der Waals surface area contributed by atoms with Gasteiger partial charge in [-0.1, -0.05) is 47.5 Å². The van der Waals surface area contributed by atoms with Crippen molar-refractivity contribution in [1.29, 1.82) is 0 Å². The van der Waals surface area contributed by atoms with Gasteiger partial charge in [-0.05, 0) is 18.3 Å². The molecule has 4 heteroatoms. The Balaban J connectivity index is 2.49. The van der Waals surface area contributed by atoms with Crippen LogP contribution in [0.5, 0.6) is 0 Å². The zero-order valence-corrected chi connectivity index (χ0v) is 13.8. The maximum absolute atomic E-state index is 12.5. The third-order valence-corrected chi connectivity index (χ3v) is 3.69. The van der Waals surface area contributed by atoms with E-state index in [1.807, 2.05) is 4.90 Å². The first-order valence-electron chi connectivity index (χ1n) is 8.11. The van der Waals surface area contributed by atoms with Crippen LogP contribution in [0.25, 0.3) is 0 Å². The zero-order valence-electron chi connectivity index (χ0n) is 13.8. The van der Waals surface area contributed by atoms with Crippen molar-refractivity contribution in [3.8, 4) is 0 Å². The minimum atomic E-state index is 0.00690. The van der Waals surface area contributed by atoms with E-state index < -0.39 is 0 Å². The molecule has 1 saturated heterocycles. The third kappa shape index (κ3) is 5.06. The van der Waals surface area contributed by atoms with Crippen LogP contribution in [0, 0.1) is 11.8 Å². The standard InChI is InChI=1S/C16H32N2O2/c1-6-7-8-14-16(19)18(15(17-14)13(4)5)9-10-20-11-12(2)3/h12-15,17H,6-11H2,1-5H3. The average molecular weight is 284 g/mol. The third-order valence-electron chi connectivity index (χ3n) is 3.69. The molecule has 0 aromatic carbocycles. The minimum Gasteiger partial charge on any atom is -0.379 e. The van der Waals surface area contributed by atoms with Gasteiger partial charge in [0.25, 0.3) is 0 Å². The lowest BCUT2D eigenvalue weighted by atomic mass is 10.1. The number of hydrogen-bond acceptors (Lipinski definition) is 3. The Morgan fingerprint density at radius 1 is 1.30 bits per heavy atom. The summed E-state index contributed by atoms with van der Waals surface area (Å²) in [7, 11) is 0. The molecule has 118 valence electrons. The van der Waals surface area contributed by atoms with E-state index in [0.717, 1.165) is 25.9 Å². The number of ether oxygens (including phenoxy) is 1. The summed E-state index contributed by atoms with van der Waals surface area (Å²) in [4.78, 5) is 14.4. The van der Waals surface area contributed by atoms with E-state index in [0.29, 0.717) is 25.0 Å². The van der Waals surface area contributed by atoms with Crippen molar-refractivity contribution in [2.75, 3.05) is 19.8 Å². The molecule has 0 spiro atoms. The molecule has 2 atom stereocenters. The second-order valence-electron chi connectivity index (χ2n) is 6.55. The summed E-state index contributed by atoms with van der Waals surface area (Å²) in [5.74, 6) is 1.22. The predicted molar refractivity (Wildman–Crippen MR) is 82.4 cm³/mol. The van der Waals surface area contributed by atoms with E-state index in [-0.39, 0.29) is 18.1 Å². The molecule has 0 aromatic rings. The minimum absolute atomic E-state index is 0.00690. The predicted octanol–water partition coefficient (Wildman–Crippen LogP) is 2.63. The van der Waals surface area contributed by atoms with E-state index in [1.54, 1.807) is 0 Å². The summed E-state index contributed by atoms with van der Waals surface area (Å²) in [5.41, 5.74) is 0. The highest BCUT2D eigenvalue weighted by atomic mass is 16.5. The van der Waals surface area contributed by atoms with Crippen LogP contribution in [0.4, 0.5) is 0 Å². The highest BCUT2D eigenvalue weighted by molar-refractivity contribution is 5.84. The Morgan fingerprint density at radius 3 is 2.55 bits per heavy atom.